The van der Waals surface area contributed by atoms with Gasteiger partial charge in [0.1, 0.15) is 6.11 Å². The van der Waals surface area contributed by atoms with Crippen LogP contribution in [0.5, 0.6) is 0 Å². The van der Waals surface area contributed by atoms with Gasteiger partial charge in [-0.25, -0.2) is 4.79 Å². The van der Waals surface area contributed by atoms with Crippen LogP contribution in [-0.4, -0.2) is 22.5 Å². The van der Waals surface area contributed by atoms with Crippen molar-refractivity contribution < 1.29 is 19.7 Å². The fourth-order valence-electron chi connectivity index (χ4n) is 0.604. The van der Waals surface area contributed by atoms with E-state index in [1.165, 1.54) is 0 Å². The highest BCUT2D eigenvalue weighted by molar-refractivity contribution is 5.85. The van der Waals surface area contributed by atoms with E-state index in [9.17, 15) is 4.79 Å². The predicted molar refractivity (Wildman–Crippen MR) is 33.0 cm³/mol. The van der Waals surface area contributed by atoms with Crippen molar-refractivity contribution in [3.05, 3.63) is 11.8 Å². The molecule has 5 nitrogen and oxygen atoms in total. The average Bonchev–Trinajstić information content (AvgIpc) is 2.26. The Balaban J connectivity index is 2.61. The average molecular weight is 155 g/mol. The minimum Gasteiger partial charge on any atom is -0.461 e. The van der Waals surface area contributed by atoms with Gasteiger partial charge in [0.05, 0.1) is 11.7 Å². The molecule has 1 heterocycles. The molecule has 1 aliphatic rings. The molecular weight excluding hydrogens is 150 g/mol. The van der Waals surface area contributed by atoms with Crippen molar-refractivity contribution in [2.24, 2.45) is 0 Å². The summed E-state index contributed by atoms with van der Waals surface area (Å²) in [4.78, 5) is 10.4. The molecule has 1 aliphatic heterocycles. The molecular formula is C6H5NO4. The number of aliphatic hydroxyl groups is 2. The number of hydrogen-bond donors (Lipinski definition) is 3. The van der Waals surface area contributed by atoms with Crippen molar-refractivity contribution in [2.45, 2.75) is 6.29 Å². The lowest BCUT2D eigenvalue weighted by molar-refractivity contribution is -0.151. The third-order valence-corrected chi connectivity index (χ3v) is 1.03. The number of rotatable bonds is 1. The van der Waals surface area contributed by atoms with Crippen molar-refractivity contribution in [3.63, 3.8) is 0 Å². The lowest BCUT2D eigenvalue weighted by Crippen LogP contribution is -2.18. The molecule has 0 radical (unpaired) electrons. The number of cyclic esters (lactones) is 1. The third-order valence-electron chi connectivity index (χ3n) is 1.03. The smallest absolute Gasteiger partial charge is 0.335 e. The minimum absolute atomic E-state index is 0.122. The standard InChI is InChI=1S/C6H5NO4/c8-2-1-7-4-3-5(9)11-6(4)10/h3,6-8,10H. The number of esters is 1. The van der Waals surface area contributed by atoms with Crippen LogP contribution in [0.1, 0.15) is 0 Å². The zero-order valence-corrected chi connectivity index (χ0v) is 5.37. The Morgan fingerprint density at radius 1 is 1.73 bits per heavy atom. The Hall–Kier alpha value is -1.67. The summed E-state index contributed by atoms with van der Waals surface area (Å²) in [5.74, 6) is -0.639. The molecule has 0 aromatic carbocycles. The van der Waals surface area contributed by atoms with Crippen molar-refractivity contribution in [1.29, 1.82) is 0 Å². The summed E-state index contributed by atoms with van der Waals surface area (Å²) >= 11 is 0. The lowest BCUT2D eigenvalue weighted by Gasteiger charge is -2.03. The molecule has 0 saturated heterocycles. The van der Waals surface area contributed by atoms with Gasteiger partial charge in [-0.05, 0) is 0 Å². The van der Waals surface area contributed by atoms with Gasteiger partial charge < -0.3 is 20.3 Å². The molecule has 0 saturated carbocycles. The van der Waals surface area contributed by atoms with Gasteiger partial charge in [-0.3, -0.25) is 0 Å². The van der Waals surface area contributed by atoms with Crippen LogP contribution in [0, 0.1) is 12.2 Å². The van der Waals surface area contributed by atoms with Gasteiger partial charge >= 0.3 is 5.97 Å². The summed E-state index contributed by atoms with van der Waals surface area (Å²) in [7, 11) is 0. The van der Waals surface area contributed by atoms with E-state index in [0.29, 0.717) is 0 Å². The van der Waals surface area contributed by atoms with Crippen LogP contribution in [0.2, 0.25) is 0 Å². The molecule has 0 aliphatic carbocycles. The topological polar surface area (TPSA) is 78.8 Å². The van der Waals surface area contributed by atoms with Gasteiger partial charge in [0.25, 0.3) is 0 Å². The second-order valence-electron chi connectivity index (χ2n) is 1.75. The molecule has 3 N–H and O–H groups in total. The van der Waals surface area contributed by atoms with Gasteiger partial charge in [0.2, 0.25) is 6.29 Å². The second kappa shape index (κ2) is 2.94. The molecule has 5 heteroatoms. The zero-order valence-electron chi connectivity index (χ0n) is 5.37. The molecule has 0 amide bonds. The van der Waals surface area contributed by atoms with Crippen LogP contribution < -0.4 is 5.32 Å². The number of nitrogens with one attached hydrogen (secondary N) is 1. The summed E-state index contributed by atoms with van der Waals surface area (Å²) in [6.07, 6.45) is 1.30. The first-order valence-electron chi connectivity index (χ1n) is 2.74. The van der Waals surface area contributed by atoms with E-state index in [0.717, 1.165) is 6.08 Å². The van der Waals surface area contributed by atoms with E-state index in [4.69, 9.17) is 10.2 Å². The monoisotopic (exact) mass is 155 g/mol. The molecule has 0 aromatic rings. The quantitative estimate of drug-likeness (QED) is 0.247. The highest BCUT2D eigenvalue weighted by Crippen LogP contribution is 2.08. The fraction of sp³-hybridized carbons (Fsp3) is 0.167. The largest absolute Gasteiger partial charge is 0.461 e. The molecule has 58 valence electrons. The van der Waals surface area contributed by atoms with Gasteiger partial charge in [-0.1, -0.05) is 0 Å². The molecule has 1 atom stereocenters. The third kappa shape index (κ3) is 1.63. The maximum atomic E-state index is 10.4. The van der Waals surface area contributed by atoms with E-state index < -0.39 is 12.3 Å². The number of aliphatic hydroxyl groups excluding tert-OH is 2. The maximum Gasteiger partial charge on any atom is 0.335 e. The SMILES string of the molecule is O=C1C=C(NC#CO)C(O)O1. The van der Waals surface area contributed by atoms with E-state index in [1.807, 2.05) is 6.04 Å². The van der Waals surface area contributed by atoms with E-state index in [2.05, 4.69) is 10.1 Å². The van der Waals surface area contributed by atoms with Crippen molar-refractivity contribution in [2.75, 3.05) is 0 Å². The fourth-order valence-corrected chi connectivity index (χ4v) is 0.604. The Kier molecular flexibility index (Phi) is 1.99. The molecule has 11 heavy (non-hydrogen) atoms. The summed E-state index contributed by atoms with van der Waals surface area (Å²) in [5.41, 5.74) is 0.122. The highest BCUT2D eigenvalue weighted by Gasteiger charge is 2.22. The normalized spacial score (nSPS) is 21.4. The predicted octanol–water partition coefficient (Wildman–Crippen LogP) is -1.37. The van der Waals surface area contributed by atoms with Crippen LogP contribution in [0.4, 0.5) is 0 Å². The van der Waals surface area contributed by atoms with Gasteiger partial charge in [-0.2, -0.15) is 0 Å². The summed E-state index contributed by atoms with van der Waals surface area (Å²) < 4.78 is 4.28. The molecule has 0 spiro atoms. The molecule has 0 aromatic heterocycles. The Morgan fingerprint density at radius 2 is 2.45 bits per heavy atom. The number of carbonyl (C=O) groups excluding carboxylic acids is 1. The zero-order chi connectivity index (χ0) is 8.27. The Labute approximate surface area is 62.3 Å². The van der Waals surface area contributed by atoms with Gasteiger partial charge in [0.15, 0.2) is 0 Å². The van der Waals surface area contributed by atoms with E-state index in [-0.39, 0.29) is 5.70 Å². The maximum absolute atomic E-state index is 10.4. The minimum atomic E-state index is -1.30. The van der Waals surface area contributed by atoms with Crippen LogP contribution in [0.15, 0.2) is 11.8 Å². The van der Waals surface area contributed by atoms with Crippen molar-refractivity contribution >= 4 is 5.97 Å². The Morgan fingerprint density at radius 3 is 2.91 bits per heavy atom. The van der Waals surface area contributed by atoms with Crippen LogP contribution in [-0.2, 0) is 9.53 Å². The lowest BCUT2D eigenvalue weighted by atomic mass is 10.4. The molecule has 0 bridgehead atoms. The summed E-state index contributed by atoms with van der Waals surface area (Å²) in [6, 6.07) is 2.04. The first kappa shape index (κ1) is 7.44. The van der Waals surface area contributed by atoms with E-state index in [1.54, 1.807) is 6.11 Å². The van der Waals surface area contributed by atoms with Crippen molar-refractivity contribution in [3.8, 4) is 12.2 Å². The number of ether oxygens (including phenoxy) is 1. The van der Waals surface area contributed by atoms with Crippen LogP contribution in [0.3, 0.4) is 0 Å². The van der Waals surface area contributed by atoms with Crippen LogP contribution >= 0.6 is 0 Å². The summed E-state index contributed by atoms with van der Waals surface area (Å²) in [6.45, 7) is 0. The highest BCUT2D eigenvalue weighted by atomic mass is 16.6. The van der Waals surface area contributed by atoms with Crippen molar-refractivity contribution in [1.82, 2.24) is 5.32 Å². The van der Waals surface area contributed by atoms with E-state index >= 15 is 0 Å². The second-order valence-corrected chi connectivity index (χ2v) is 1.75. The number of hydrogen-bond acceptors (Lipinski definition) is 5. The van der Waals surface area contributed by atoms with Gasteiger partial charge in [0, 0.05) is 6.08 Å². The van der Waals surface area contributed by atoms with Crippen LogP contribution in [0.25, 0.3) is 0 Å². The molecule has 0 fully saturated rings. The number of carbonyl (C=O) groups is 1. The first-order valence-corrected chi connectivity index (χ1v) is 2.74. The molecule has 1 rings (SSSR count). The Bertz CT molecular complexity index is 259. The summed E-state index contributed by atoms with van der Waals surface area (Å²) in [5, 5.41) is 19.1. The first-order chi connectivity index (χ1) is 5.24. The molecule has 1 unspecified atom stereocenters. The van der Waals surface area contributed by atoms with Gasteiger partial charge in [-0.15, -0.1) is 0 Å².